The molecular weight excluding hydrogens is 1160 g/mol. The fourth-order valence-electron chi connectivity index (χ4n) is 11.6. The van der Waals surface area contributed by atoms with Crippen LogP contribution in [0.2, 0.25) is 0 Å². The number of esters is 2. The second-order valence-corrected chi connectivity index (χ2v) is 24.1. The number of urea groups is 1. The highest BCUT2D eigenvalue weighted by molar-refractivity contribution is 5.99. The van der Waals surface area contributed by atoms with Gasteiger partial charge in [-0.1, -0.05) is 66.7 Å². The third kappa shape index (κ3) is 15.0. The van der Waals surface area contributed by atoms with Crippen molar-refractivity contribution in [3.63, 3.8) is 0 Å². The van der Waals surface area contributed by atoms with Crippen molar-refractivity contribution in [1.82, 2.24) is 41.0 Å². The van der Waals surface area contributed by atoms with Crippen LogP contribution in [0.3, 0.4) is 0 Å². The number of carbonyl (C=O) groups excluding carboxylic acids is 9. The highest BCUT2D eigenvalue weighted by atomic mass is 16.7. The quantitative estimate of drug-likeness (QED) is 0.0398. The van der Waals surface area contributed by atoms with E-state index in [1.807, 2.05) is 44.2 Å². The maximum Gasteiger partial charge on any atom is 0.355 e. The highest BCUT2D eigenvalue weighted by Gasteiger charge is 2.52. The summed E-state index contributed by atoms with van der Waals surface area (Å²) in [6.45, 7) is 12.9. The first kappa shape index (κ1) is 66.4. The highest BCUT2D eigenvalue weighted by Crippen LogP contribution is 2.41. The molecule has 1 unspecified atom stereocenters. The van der Waals surface area contributed by atoms with Crippen LogP contribution in [0.15, 0.2) is 65.5 Å². The van der Waals surface area contributed by atoms with Crippen LogP contribution in [0.1, 0.15) is 111 Å². The number of aliphatic hydroxyl groups is 2. The van der Waals surface area contributed by atoms with Gasteiger partial charge in [-0.2, -0.15) is 0 Å². The van der Waals surface area contributed by atoms with E-state index in [1.165, 1.54) is 28.7 Å². The molecule has 8 rings (SSSR count). The molecule has 11 atom stereocenters. The molecule has 89 heavy (non-hydrogen) atoms. The Kier molecular flexibility index (Phi) is 21.1. The number of hydrogen-bond acceptors (Lipinski definition) is 18. The van der Waals surface area contributed by atoms with E-state index in [2.05, 4.69) is 31.9 Å². The van der Waals surface area contributed by atoms with Crippen molar-refractivity contribution in [3.05, 3.63) is 87.7 Å². The summed E-state index contributed by atoms with van der Waals surface area (Å²) in [7, 11) is 1.36. The molecule has 480 valence electrons. The Balaban J connectivity index is 0.877. The van der Waals surface area contributed by atoms with E-state index in [0.717, 1.165) is 10.9 Å². The van der Waals surface area contributed by atoms with Gasteiger partial charge in [0.05, 0.1) is 48.1 Å². The first-order valence-corrected chi connectivity index (χ1v) is 29.9. The minimum atomic E-state index is -2.14. The zero-order valence-electron chi connectivity index (χ0n) is 51.3. The van der Waals surface area contributed by atoms with Crippen molar-refractivity contribution in [2.24, 2.45) is 23.5 Å². The second kappa shape index (κ2) is 28.3. The summed E-state index contributed by atoms with van der Waals surface area (Å²) in [6.07, 6.45) is -5.15. The largest absolute Gasteiger partial charge is 0.462 e. The molecule has 27 heteroatoms. The van der Waals surface area contributed by atoms with Crippen molar-refractivity contribution in [1.29, 1.82) is 0 Å². The minimum absolute atomic E-state index is 0.0126. The Morgan fingerprint density at radius 1 is 0.843 bits per heavy atom. The third-order valence-corrected chi connectivity index (χ3v) is 16.3. The second-order valence-electron chi connectivity index (χ2n) is 24.1. The minimum Gasteiger partial charge on any atom is -0.462 e. The van der Waals surface area contributed by atoms with E-state index >= 15 is 0 Å². The third-order valence-electron chi connectivity index (χ3n) is 16.3. The van der Waals surface area contributed by atoms with Crippen LogP contribution in [-0.2, 0) is 76.1 Å². The van der Waals surface area contributed by atoms with Gasteiger partial charge in [0.15, 0.2) is 0 Å². The van der Waals surface area contributed by atoms with E-state index in [0.29, 0.717) is 41.2 Å². The summed E-state index contributed by atoms with van der Waals surface area (Å²) < 4.78 is 29.8. The molecule has 2 aromatic carbocycles. The summed E-state index contributed by atoms with van der Waals surface area (Å²) in [5.41, 5.74) is 5.92. The molecule has 0 radical (unpaired) electrons. The fraction of sp³-hybridized carbons (Fsp3) is 0.532. The summed E-state index contributed by atoms with van der Waals surface area (Å²) in [6, 6.07) is 9.95. The molecule has 2 aromatic heterocycles. The van der Waals surface area contributed by atoms with Crippen molar-refractivity contribution in [3.8, 4) is 17.1 Å². The number of primary amides is 1. The van der Waals surface area contributed by atoms with Gasteiger partial charge in [-0.3, -0.25) is 33.6 Å². The number of pyridine rings is 2. The van der Waals surface area contributed by atoms with Gasteiger partial charge in [0.1, 0.15) is 60.9 Å². The molecule has 10 N–H and O–H groups in total. The van der Waals surface area contributed by atoms with Crippen LogP contribution in [0, 0.1) is 17.8 Å². The number of anilines is 1. The van der Waals surface area contributed by atoms with Crippen molar-refractivity contribution in [2.45, 2.75) is 174 Å². The number of nitrogens with two attached hydrogens (primary N) is 1. The molecule has 2 fully saturated rings. The van der Waals surface area contributed by atoms with Crippen LogP contribution >= 0.6 is 0 Å². The molecule has 4 aliphatic rings. The fourth-order valence-corrected chi connectivity index (χ4v) is 11.6. The van der Waals surface area contributed by atoms with Gasteiger partial charge in [0.25, 0.3) is 5.56 Å². The Morgan fingerprint density at radius 2 is 1.52 bits per heavy atom. The van der Waals surface area contributed by atoms with Crippen molar-refractivity contribution in [2.75, 3.05) is 25.5 Å². The number of nitrogens with zero attached hydrogens (tertiary/aromatic N) is 3. The number of carbonyl (C=O) groups is 9. The zero-order valence-corrected chi connectivity index (χ0v) is 51.3. The predicted molar refractivity (Wildman–Crippen MR) is 320 cm³/mol. The number of aromatic nitrogens is 2. The van der Waals surface area contributed by atoms with Crippen LogP contribution in [0.25, 0.3) is 22.3 Å². The lowest BCUT2D eigenvalue weighted by atomic mass is 9.85. The number of benzene rings is 2. The summed E-state index contributed by atoms with van der Waals surface area (Å²) >= 11 is 0. The van der Waals surface area contributed by atoms with Gasteiger partial charge in [-0.15, -0.1) is 0 Å². The van der Waals surface area contributed by atoms with Crippen molar-refractivity contribution >= 4 is 70.0 Å². The Hall–Kier alpha value is -8.53. The summed E-state index contributed by atoms with van der Waals surface area (Å²) in [5.74, 6) is -7.95. The first-order chi connectivity index (χ1) is 42.2. The molecule has 6 heterocycles. The van der Waals surface area contributed by atoms with E-state index < -0.39 is 144 Å². The SMILES string of the molecule is CC[C@@]1(OC(=O)[C@H](NC(=O)[C@@H](CC(N)=O)NC(=O)[C@@H](CC(C)C)NC(=O)CNC(=O)[C@H](CC(C)C)NC(=O)[C@H]2CCCN2C(=O)Nc2ccc(OC3O[C@H](C)[C@H](O)[C@H](OC)[C@@H]3O)cc2)C(C)C)C(=O)OCc2c1cc1n(c2=O)Cc2cc3ccccc3nc2-1. The number of ether oxygens (including phenoxy) is 5. The summed E-state index contributed by atoms with van der Waals surface area (Å²) in [4.78, 5) is 144. The number of rotatable bonds is 24. The molecule has 0 bridgehead atoms. The average Bonchev–Trinajstić information content (AvgIpc) is 1.72. The number of amides is 8. The van der Waals surface area contributed by atoms with E-state index in [4.69, 9.17) is 34.4 Å². The standard InChI is InChI=1S/C62H80N10O17/c1-10-62(39-25-45-49-35(24-34-14-11-12-15-40(34)67-49)28-72(45)57(81)38(39)29-86-60(62)83)89-58(82)48(32(6)7)70-55(79)43(26-46(63)73)68-54(78)42(23-31(4)5)66-47(74)27-64-53(77)41(22-30(2)3)69-56(80)44-16-13-21-71(44)61(84)65-36-17-19-37(20-18-36)88-59-51(76)52(85-9)50(75)33(8)87-59/h11-12,14-15,17-20,24-25,30-33,41-44,48,50-52,59,75-76H,10,13,16,21-23,26-29H2,1-9H3,(H2,63,73)(H,64,77)(H,65,84)(H,66,74)(H,68,78)(H,69,80)(H,70,79)/t33-,41+,42-,43-,44-,48-,50+,51+,52+,59?,62+/m1/s1. The Labute approximate surface area is 513 Å². The van der Waals surface area contributed by atoms with Gasteiger partial charge >= 0.3 is 18.0 Å². The molecule has 4 aromatic rings. The van der Waals surface area contributed by atoms with Gasteiger partial charge in [-0.05, 0) is 99.2 Å². The molecule has 0 spiro atoms. The molecule has 0 aliphatic carbocycles. The van der Waals surface area contributed by atoms with Crippen LogP contribution in [-0.4, -0.2) is 159 Å². The molecule has 0 saturated carbocycles. The number of aliphatic hydroxyl groups excluding tert-OH is 2. The predicted octanol–water partition coefficient (Wildman–Crippen LogP) is 1.87. The molecule has 27 nitrogen and oxygen atoms in total. The lowest BCUT2D eigenvalue weighted by molar-refractivity contribution is -0.272. The maximum atomic E-state index is 14.4. The van der Waals surface area contributed by atoms with Gasteiger partial charge in [0.2, 0.25) is 47.3 Å². The number of likely N-dealkylation sites (tertiary alicyclic amines) is 1. The topological polar surface area (TPSA) is 377 Å². The molecular formula is C62H80N10O17. The van der Waals surface area contributed by atoms with E-state index in [1.54, 1.807) is 59.7 Å². The Bertz CT molecular complexity index is 3410. The lowest BCUT2D eigenvalue weighted by Crippen LogP contribution is -2.59. The number of nitrogens with one attached hydrogen (secondary N) is 6. The average molecular weight is 1240 g/mol. The smallest absolute Gasteiger partial charge is 0.355 e. The normalized spacial score (nSPS) is 22.4. The van der Waals surface area contributed by atoms with E-state index in [9.17, 15) is 58.2 Å². The first-order valence-electron chi connectivity index (χ1n) is 29.9. The summed E-state index contributed by atoms with van der Waals surface area (Å²) in [5, 5.41) is 37.5. The Morgan fingerprint density at radius 3 is 2.17 bits per heavy atom. The van der Waals surface area contributed by atoms with Gasteiger partial charge in [0, 0.05) is 35.9 Å². The van der Waals surface area contributed by atoms with Crippen LogP contribution < -0.4 is 47.9 Å². The number of cyclic esters (lactones) is 1. The number of hydrogen-bond donors (Lipinski definition) is 9. The lowest BCUT2D eigenvalue weighted by Gasteiger charge is -2.40. The van der Waals surface area contributed by atoms with Gasteiger partial charge in [-0.25, -0.2) is 19.4 Å². The molecule has 8 amide bonds. The van der Waals surface area contributed by atoms with Crippen molar-refractivity contribution < 1.29 is 77.0 Å². The van der Waals surface area contributed by atoms with Crippen LogP contribution in [0.5, 0.6) is 5.75 Å². The number of fused-ring (bicyclic) bond motifs is 5. The maximum absolute atomic E-state index is 14.4. The monoisotopic (exact) mass is 1240 g/mol. The zero-order chi connectivity index (χ0) is 64.8. The molecule has 2 saturated heterocycles. The van der Waals surface area contributed by atoms with Gasteiger partial charge < -0.3 is 81.0 Å². The number of para-hydroxylation sites is 1. The number of methoxy groups -OCH3 is 1. The van der Waals surface area contributed by atoms with E-state index in [-0.39, 0.29) is 61.9 Å². The molecule has 4 aliphatic heterocycles. The van der Waals surface area contributed by atoms with Crippen LogP contribution in [0.4, 0.5) is 10.5 Å².